The number of rotatable bonds is 10. The molecule has 0 N–H and O–H groups in total. The highest BCUT2D eigenvalue weighted by molar-refractivity contribution is 4.71. The molecule has 0 bridgehead atoms. The van der Waals surface area contributed by atoms with Crippen molar-refractivity contribution < 1.29 is 9.47 Å². The van der Waals surface area contributed by atoms with Gasteiger partial charge in [-0.15, -0.1) is 0 Å². The van der Waals surface area contributed by atoms with Gasteiger partial charge in [-0.1, -0.05) is 26.2 Å². The molecule has 4 nitrogen and oxygen atoms in total. The molecule has 0 aliphatic rings. The zero-order valence-electron chi connectivity index (χ0n) is 12.0. The monoisotopic (exact) mass is 244 g/mol. The molecule has 0 heterocycles. The van der Waals surface area contributed by atoms with Crippen LogP contribution in [-0.4, -0.2) is 32.6 Å². The average Bonchev–Trinajstić information content (AvgIpc) is 2.33. The van der Waals surface area contributed by atoms with Gasteiger partial charge in [0.25, 0.3) is 0 Å². The van der Waals surface area contributed by atoms with Gasteiger partial charge in [0.05, 0.1) is 12.6 Å². The second-order valence-electron chi connectivity index (χ2n) is 4.71. The van der Waals surface area contributed by atoms with Crippen molar-refractivity contribution in [1.82, 2.24) is 0 Å². The van der Waals surface area contributed by atoms with E-state index in [1.807, 2.05) is 13.8 Å². The van der Waals surface area contributed by atoms with Gasteiger partial charge in [-0.25, -0.2) is 0 Å². The third-order valence-corrected chi connectivity index (χ3v) is 2.81. The van der Waals surface area contributed by atoms with Gasteiger partial charge in [-0.05, 0) is 26.7 Å². The fraction of sp³-hybridized carbons (Fsp3) is 1.00. The van der Waals surface area contributed by atoms with Crippen LogP contribution in [0.15, 0.2) is 10.2 Å². The number of hydrogen-bond donors (Lipinski definition) is 0. The molecule has 2 atom stereocenters. The van der Waals surface area contributed by atoms with Crippen LogP contribution >= 0.6 is 0 Å². The lowest BCUT2D eigenvalue weighted by molar-refractivity contribution is -0.00343. The molecule has 0 aliphatic heterocycles. The fourth-order valence-corrected chi connectivity index (χ4v) is 1.57. The molecule has 0 saturated heterocycles. The Balaban J connectivity index is 4.07. The lowest BCUT2D eigenvalue weighted by Crippen LogP contribution is -2.24. The maximum atomic E-state index is 5.45. The van der Waals surface area contributed by atoms with Gasteiger partial charge in [0.1, 0.15) is 0 Å². The minimum absolute atomic E-state index is 0.0881. The van der Waals surface area contributed by atoms with Crippen LogP contribution in [0, 0.1) is 0 Å². The van der Waals surface area contributed by atoms with Crippen molar-refractivity contribution in [2.45, 2.75) is 64.6 Å². The van der Waals surface area contributed by atoms with Crippen LogP contribution in [-0.2, 0) is 9.47 Å². The maximum Gasteiger partial charge on any atom is 0.175 e. The second kappa shape index (κ2) is 9.54. The molecule has 4 heteroatoms. The van der Waals surface area contributed by atoms with E-state index < -0.39 is 5.72 Å². The normalized spacial score (nSPS) is 17.2. The molecule has 0 amide bonds. The summed E-state index contributed by atoms with van der Waals surface area (Å²) in [5, 5.41) is 8.54. The zero-order valence-corrected chi connectivity index (χ0v) is 12.0. The molecule has 0 aromatic heterocycles. The summed E-state index contributed by atoms with van der Waals surface area (Å²) in [6, 6.07) is 0.0881. The number of ether oxygens (including phenoxy) is 2. The predicted molar refractivity (Wildman–Crippen MR) is 70.4 cm³/mol. The molecule has 102 valence electrons. The fourth-order valence-electron chi connectivity index (χ4n) is 1.57. The molecule has 0 rings (SSSR count). The van der Waals surface area contributed by atoms with Crippen molar-refractivity contribution in [1.29, 1.82) is 0 Å². The van der Waals surface area contributed by atoms with Gasteiger partial charge in [-0.2, -0.15) is 10.2 Å². The third-order valence-electron chi connectivity index (χ3n) is 2.81. The van der Waals surface area contributed by atoms with Crippen LogP contribution in [0.2, 0.25) is 0 Å². The Bertz CT molecular complexity index is 210. The topological polar surface area (TPSA) is 43.2 Å². The van der Waals surface area contributed by atoms with E-state index in [1.165, 1.54) is 19.3 Å². The molecular formula is C13H28N2O2. The Hall–Kier alpha value is -0.480. The van der Waals surface area contributed by atoms with Gasteiger partial charge < -0.3 is 9.47 Å². The SMILES string of the molecule is CCCCCCC(C)(N=NC(C)COC)OC. The van der Waals surface area contributed by atoms with Crippen LogP contribution in [0.5, 0.6) is 0 Å². The Kier molecular flexibility index (Phi) is 9.27. The summed E-state index contributed by atoms with van der Waals surface area (Å²) in [7, 11) is 3.37. The van der Waals surface area contributed by atoms with Gasteiger partial charge in [0, 0.05) is 14.2 Å². The summed E-state index contributed by atoms with van der Waals surface area (Å²) in [6.07, 6.45) is 5.81. The van der Waals surface area contributed by atoms with Crippen LogP contribution < -0.4 is 0 Å². The van der Waals surface area contributed by atoms with E-state index in [9.17, 15) is 0 Å². The summed E-state index contributed by atoms with van der Waals surface area (Å²) in [5.41, 5.74) is -0.476. The molecule has 0 fully saturated rings. The van der Waals surface area contributed by atoms with Crippen LogP contribution in [0.3, 0.4) is 0 Å². The number of azo groups is 1. The van der Waals surface area contributed by atoms with E-state index in [2.05, 4.69) is 17.2 Å². The quantitative estimate of drug-likeness (QED) is 0.433. The van der Waals surface area contributed by atoms with Crippen molar-refractivity contribution in [3.05, 3.63) is 0 Å². The highest BCUT2D eigenvalue weighted by atomic mass is 16.5. The van der Waals surface area contributed by atoms with Crippen LogP contribution in [0.1, 0.15) is 52.9 Å². The van der Waals surface area contributed by atoms with Gasteiger partial charge >= 0.3 is 0 Å². The van der Waals surface area contributed by atoms with Gasteiger partial charge in [0.2, 0.25) is 0 Å². The first-order valence-electron chi connectivity index (χ1n) is 6.54. The highest BCUT2D eigenvalue weighted by Gasteiger charge is 2.22. The molecule has 0 aromatic carbocycles. The lowest BCUT2D eigenvalue weighted by atomic mass is 10.1. The van der Waals surface area contributed by atoms with E-state index in [4.69, 9.17) is 9.47 Å². The first kappa shape index (κ1) is 16.5. The zero-order chi connectivity index (χ0) is 13.1. The Morgan fingerprint density at radius 3 is 2.41 bits per heavy atom. The Labute approximate surface area is 106 Å². The standard InChI is InChI=1S/C13H28N2O2/c1-6-7-8-9-10-13(3,17-5)15-14-12(2)11-16-4/h12H,6-11H2,1-5H3. The minimum Gasteiger partial charge on any atom is -0.382 e. The Morgan fingerprint density at radius 2 is 1.88 bits per heavy atom. The number of methoxy groups -OCH3 is 2. The second-order valence-corrected chi connectivity index (χ2v) is 4.71. The van der Waals surface area contributed by atoms with Crippen molar-refractivity contribution in [3.8, 4) is 0 Å². The molecule has 0 spiro atoms. The molecule has 0 aromatic rings. The summed E-state index contributed by atoms with van der Waals surface area (Å²) >= 11 is 0. The average molecular weight is 244 g/mol. The maximum absolute atomic E-state index is 5.45. The third kappa shape index (κ3) is 8.27. The van der Waals surface area contributed by atoms with Gasteiger partial charge in [-0.3, -0.25) is 0 Å². The van der Waals surface area contributed by atoms with Crippen molar-refractivity contribution in [2.75, 3.05) is 20.8 Å². The van der Waals surface area contributed by atoms with E-state index >= 15 is 0 Å². The van der Waals surface area contributed by atoms with E-state index in [0.717, 1.165) is 12.8 Å². The van der Waals surface area contributed by atoms with E-state index in [1.54, 1.807) is 14.2 Å². The van der Waals surface area contributed by atoms with E-state index in [0.29, 0.717) is 6.61 Å². The minimum atomic E-state index is -0.476. The summed E-state index contributed by atoms with van der Waals surface area (Å²) in [5.74, 6) is 0. The van der Waals surface area contributed by atoms with Crippen LogP contribution in [0.4, 0.5) is 0 Å². The summed E-state index contributed by atoms with van der Waals surface area (Å²) in [4.78, 5) is 0. The summed E-state index contributed by atoms with van der Waals surface area (Å²) < 4.78 is 10.5. The van der Waals surface area contributed by atoms with Crippen molar-refractivity contribution in [3.63, 3.8) is 0 Å². The highest BCUT2D eigenvalue weighted by Crippen LogP contribution is 2.21. The first-order chi connectivity index (χ1) is 8.08. The van der Waals surface area contributed by atoms with Crippen molar-refractivity contribution in [2.24, 2.45) is 10.2 Å². The molecule has 0 aliphatic carbocycles. The lowest BCUT2D eigenvalue weighted by Gasteiger charge is -2.22. The number of unbranched alkanes of at least 4 members (excludes halogenated alkanes) is 3. The molecule has 17 heavy (non-hydrogen) atoms. The summed E-state index contributed by atoms with van der Waals surface area (Å²) in [6.45, 7) is 6.78. The van der Waals surface area contributed by atoms with Crippen LogP contribution in [0.25, 0.3) is 0 Å². The largest absolute Gasteiger partial charge is 0.382 e. The van der Waals surface area contributed by atoms with Gasteiger partial charge in [0.15, 0.2) is 5.72 Å². The number of hydrogen-bond acceptors (Lipinski definition) is 4. The molecular weight excluding hydrogens is 216 g/mol. The molecule has 2 unspecified atom stereocenters. The first-order valence-corrected chi connectivity index (χ1v) is 6.54. The number of nitrogens with zero attached hydrogens (tertiary/aromatic N) is 2. The van der Waals surface area contributed by atoms with Crippen molar-refractivity contribution >= 4 is 0 Å². The smallest absolute Gasteiger partial charge is 0.175 e. The predicted octanol–water partition coefficient (Wildman–Crippen LogP) is 3.81. The Morgan fingerprint density at radius 1 is 1.18 bits per heavy atom. The molecule has 0 radical (unpaired) electrons. The van der Waals surface area contributed by atoms with E-state index in [-0.39, 0.29) is 6.04 Å². The molecule has 0 saturated carbocycles.